The molecule has 1 aliphatic carbocycles. The molecule has 1 aliphatic rings. The second-order valence-electron chi connectivity index (χ2n) is 7.50. The highest BCUT2D eigenvalue weighted by Gasteiger charge is 2.27. The van der Waals surface area contributed by atoms with Gasteiger partial charge in [-0.25, -0.2) is 0 Å². The summed E-state index contributed by atoms with van der Waals surface area (Å²) in [5.74, 6) is 0.476. The smallest absolute Gasteiger partial charge is 0.220 e. The van der Waals surface area contributed by atoms with Crippen LogP contribution in [0.2, 0.25) is 0 Å². The van der Waals surface area contributed by atoms with Crippen LogP contribution in [-0.4, -0.2) is 24.0 Å². The first-order valence-electron chi connectivity index (χ1n) is 8.72. The Morgan fingerprint density at radius 2 is 1.88 bits per heavy atom. The van der Waals surface area contributed by atoms with E-state index in [1.807, 2.05) is 18.2 Å². The zero-order valence-corrected chi connectivity index (χ0v) is 17.1. The van der Waals surface area contributed by atoms with E-state index < -0.39 is 0 Å². The Morgan fingerprint density at radius 3 is 2.44 bits per heavy atom. The van der Waals surface area contributed by atoms with E-state index in [2.05, 4.69) is 43.5 Å². The van der Waals surface area contributed by atoms with Gasteiger partial charge in [0.1, 0.15) is 0 Å². The van der Waals surface area contributed by atoms with Crippen molar-refractivity contribution < 1.29 is 4.79 Å². The van der Waals surface area contributed by atoms with Crippen LogP contribution in [0.15, 0.2) is 30.3 Å². The number of halogens is 2. The van der Waals surface area contributed by atoms with Gasteiger partial charge in [-0.15, -0.1) is 24.8 Å². The molecule has 144 valence electrons. The Kier molecular flexibility index (Phi) is 10.7. The molecule has 0 radical (unpaired) electrons. The molecule has 4 nitrogen and oxygen atoms in total. The van der Waals surface area contributed by atoms with Crippen LogP contribution in [0.3, 0.4) is 0 Å². The monoisotopic (exact) mass is 389 g/mol. The first kappa shape index (κ1) is 24.2. The molecule has 0 aromatic heterocycles. The Hall–Kier alpha value is -0.810. The second kappa shape index (κ2) is 11.0. The quantitative estimate of drug-likeness (QED) is 0.667. The molecule has 0 heterocycles. The maximum absolute atomic E-state index is 12.2. The molecule has 3 atom stereocenters. The predicted molar refractivity (Wildman–Crippen MR) is 110 cm³/mol. The van der Waals surface area contributed by atoms with Crippen LogP contribution in [0, 0.1) is 5.92 Å². The summed E-state index contributed by atoms with van der Waals surface area (Å²) in [6, 6.07) is 10.8. The predicted octanol–water partition coefficient (Wildman–Crippen LogP) is 3.59. The van der Waals surface area contributed by atoms with E-state index in [1.54, 1.807) is 0 Å². The van der Waals surface area contributed by atoms with Crippen molar-refractivity contribution in [1.29, 1.82) is 0 Å². The van der Waals surface area contributed by atoms with Crippen molar-refractivity contribution in [2.24, 2.45) is 11.7 Å². The molecule has 25 heavy (non-hydrogen) atoms. The molecule has 2 rings (SSSR count). The van der Waals surface area contributed by atoms with E-state index in [0.717, 1.165) is 19.3 Å². The number of benzene rings is 1. The topological polar surface area (TPSA) is 67.1 Å². The Morgan fingerprint density at radius 1 is 1.24 bits per heavy atom. The SMILES string of the molecule is CC(NC(C)(C)CNC(=O)C[C@@H]1CCC[C@H]1N)c1ccccc1.Cl.Cl. The fourth-order valence-electron chi connectivity index (χ4n) is 3.41. The van der Waals surface area contributed by atoms with Crippen molar-refractivity contribution in [3.63, 3.8) is 0 Å². The standard InChI is InChI=1S/C19H31N3O.2ClH/c1-14(15-8-5-4-6-9-15)22-19(2,3)13-21-18(23)12-16-10-7-11-17(16)20;;/h4-6,8-9,14,16-17,22H,7,10-13,20H2,1-3H3,(H,21,23);2*1H/t14?,16-,17+;;/m0../s1. The molecule has 0 spiro atoms. The van der Waals surface area contributed by atoms with Gasteiger partial charge >= 0.3 is 0 Å². The zero-order valence-electron chi connectivity index (χ0n) is 15.5. The lowest BCUT2D eigenvalue weighted by molar-refractivity contribution is -0.122. The second-order valence-corrected chi connectivity index (χ2v) is 7.50. The number of carbonyl (C=O) groups is 1. The maximum atomic E-state index is 12.2. The van der Waals surface area contributed by atoms with Gasteiger partial charge in [-0.1, -0.05) is 36.8 Å². The van der Waals surface area contributed by atoms with Crippen molar-refractivity contribution >= 4 is 30.7 Å². The number of nitrogens with one attached hydrogen (secondary N) is 2. The number of carbonyl (C=O) groups excluding carboxylic acids is 1. The van der Waals surface area contributed by atoms with Gasteiger partial charge in [-0.05, 0) is 45.1 Å². The highest BCUT2D eigenvalue weighted by molar-refractivity contribution is 5.85. The van der Waals surface area contributed by atoms with Gasteiger partial charge in [0.2, 0.25) is 5.91 Å². The van der Waals surface area contributed by atoms with Gasteiger partial charge in [-0.2, -0.15) is 0 Å². The Labute approximate surface area is 164 Å². The molecule has 6 heteroatoms. The molecule has 4 N–H and O–H groups in total. The lowest BCUT2D eigenvalue weighted by Gasteiger charge is -2.31. The molecule has 1 unspecified atom stereocenters. The fraction of sp³-hybridized carbons (Fsp3) is 0.632. The third-order valence-corrected chi connectivity index (χ3v) is 4.80. The Balaban J connectivity index is 0.00000288. The van der Waals surface area contributed by atoms with Crippen molar-refractivity contribution in [2.75, 3.05) is 6.54 Å². The first-order chi connectivity index (χ1) is 10.9. The van der Waals surface area contributed by atoms with E-state index in [1.165, 1.54) is 5.56 Å². The molecule has 1 aromatic rings. The first-order valence-corrected chi connectivity index (χ1v) is 8.72. The average Bonchev–Trinajstić information content (AvgIpc) is 2.91. The van der Waals surface area contributed by atoms with Gasteiger partial charge in [0.05, 0.1) is 0 Å². The number of rotatable bonds is 7. The summed E-state index contributed by atoms with van der Waals surface area (Å²) in [7, 11) is 0. The van der Waals surface area contributed by atoms with Crippen LogP contribution >= 0.6 is 24.8 Å². The average molecular weight is 390 g/mol. The molecular weight excluding hydrogens is 357 g/mol. The lowest BCUT2D eigenvalue weighted by Crippen LogP contribution is -2.50. The number of amides is 1. The maximum Gasteiger partial charge on any atom is 0.220 e. The summed E-state index contributed by atoms with van der Waals surface area (Å²) >= 11 is 0. The van der Waals surface area contributed by atoms with E-state index in [0.29, 0.717) is 18.9 Å². The van der Waals surface area contributed by atoms with Crippen LogP contribution in [0.1, 0.15) is 58.1 Å². The summed E-state index contributed by atoms with van der Waals surface area (Å²) in [6.45, 7) is 7.00. The number of hydrogen-bond acceptors (Lipinski definition) is 3. The molecule has 1 saturated carbocycles. The summed E-state index contributed by atoms with van der Waals surface area (Å²) in [6.07, 6.45) is 3.85. The van der Waals surface area contributed by atoms with Crippen LogP contribution in [0.5, 0.6) is 0 Å². The van der Waals surface area contributed by atoms with E-state index in [4.69, 9.17) is 5.73 Å². The van der Waals surface area contributed by atoms with Crippen LogP contribution in [0.25, 0.3) is 0 Å². The van der Waals surface area contributed by atoms with Gasteiger partial charge in [0.15, 0.2) is 0 Å². The van der Waals surface area contributed by atoms with E-state index in [9.17, 15) is 4.79 Å². The van der Waals surface area contributed by atoms with Crippen molar-refractivity contribution in [1.82, 2.24) is 10.6 Å². The molecule has 0 aliphatic heterocycles. The van der Waals surface area contributed by atoms with Crippen molar-refractivity contribution in [3.8, 4) is 0 Å². The van der Waals surface area contributed by atoms with Gasteiger partial charge in [0, 0.05) is 30.6 Å². The Bertz CT molecular complexity index is 511. The van der Waals surface area contributed by atoms with E-state index >= 15 is 0 Å². The summed E-state index contributed by atoms with van der Waals surface area (Å²) in [5.41, 5.74) is 7.14. The fourth-order valence-corrected chi connectivity index (χ4v) is 3.41. The third kappa shape index (κ3) is 7.95. The van der Waals surface area contributed by atoms with Crippen molar-refractivity contribution in [2.45, 2.75) is 64.1 Å². The van der Waals surface area contributed by atoms with Gasteiger partial charge in [0.25, 0.3) is 0 Å². The number of nitrogens with two attached hydrogens (primary N) is 1. The van der Waals surface area contributed by atoms with Crippen LogP contribution in [-0.2, 0) is 4.79 Å². The minimum Gasteiger partial charge on any atom is -0.354 e. The lowest BCUT2D eigenvalue weighted by atomic mass is 9.98. The molecule has 1 aromatic carbocycles. The van der Waals surface area contributed by atoms with Crippen molar-refractivity contribution in [3.05, 3.63) is 35.9 Å². The van der Waals surface area contributed by atoms with Gasteiger partial charge < -0.3 is 16.4 Å². The minimum atomic E-state index is -0.164. The molecule has 1 fully saturated rings. The van der Waals surface area contributed by atoms with Gasteiger partial charge in [-0.3, -0.25) is 4.79 Å². The molecule has 0 saturated heterocycles. The zero-order chi connectivity index (χ0) is 16.9. The normalized spacial score (nSPS) is 21.0. The third-order valence-electron chi connectivity index (χ3n) is 4.80. The summed E-state index contributed by atoms with van der Waals surface area (Å²) in [4.78, 5) is 12.2. The highest BCUT2D eigenvalue weighted by atomic mass is 35.5. The summed E-state index contributed by atoms with van der Waals surface area (Å²) < 4.78 is 0. The van der Waals surface area contributed by atoms with E-state index in [-0.39, 0.29) is 48.3 Å². The van der Waals surface area contributed by atoms with Crippen LogP contribution in [0.4, 0.5) is 0 Å². The minimum absolute atomic E-state index is 0. The van der Waals surface area contributed by atoms with Crippen LogP contribution < -0.4 is 16.4 Å². The summed E-state index contributed by atoms with van der Waals surface area (Å²) in [5, 5.41) is 6.66. The molecule has 1 amide bonds. The number of hydrogen-bond donors (Lipinski definition) is 3. The molecular formula is C19H33Cl2N3O. The molecule has 0 bridgehead atoms. The highest BCUT2D eigenvalue weighted by Crippen LogP contribution is 2.26. The largest absolute Gasteiger partial charge is 0.354 e.